The number of nitrogens with zero attached hydrogens (tertiary/aromatic N) is 1. The van der Waals surface area contributed by atoms with Crippen molar-refractivity contribution in [3.63, 3.8) is 0 Å². The number of ether oxygens (including phenoxy) is 2. The van der Waals surface area contributed by atoms with Gasteiger partial charge in [0.15, 0.2) is 5.82 Å². The predicted octanol–water partition coefficient (Wildman–Crippen LogP) is 4.19. The highest BCUT2D eigenvalue weighted by Gasteiger charge is 2.31. The lowest BCUT2D eigenvalue weighted by Crippen LogP contribution is -2.39. The molecule has 1 aliphatic rings. The van der Waals surface area contributed by atoms with Gasteiger partial charge in [-0.1, -0.05) is 13.3 Å². The van der Waals surface area contributed by atoms with Crippen molar-refractivity contribution >= 4 is 15.9 Å². The lowest BCUT2D eigenvalue weighted by molar-refractivity contribution is -0.0613. The Kier molecular flexibility index (Phi) is 5.38. The Bertz CT molecular complexity index is 509. The molecule has 1 aromatic rings. The first-order chi connectivity index (χ1) is 9.63. The molecular formula is C15H17BrFNO2. The van der Waals surface area contributed by atoms with E-state index in [0.717, 1.165) is 32.3 Å². The van der Waals surface area contributed by atoms with Gasteiger partial charge in [-0.3, -0.25) is 0 Å². The highest BCUT2D eigenvalue weighted by molar-refractivity contribution is 9.10. The third-order valence-corrected chi connectivity index (χ3v) is 3.90. The molecule has 2 rings (SSSR count). The Labute approximate surface area is 126 Å². The number of unbranched alkanes of at least 4 members (excludes halogenated alkanes) is 1. The van der Waals surface area contributed by atoms with E-state index < -0.39 is 5.82 Å². The molecule has 108 valence electrons. The molecule has 1 fully saturated rings. The molecule has 1 aromatic carbocycles. The number of benzene rings is 1. The fourth-order valence-corrected chi connectivity index (χ4v) is 2.49. The van der Waals surface area contributed by atoms with Crippen molar-refractivity contribution in [3.05, 3.63) is 28.0 Å². The zero-order chi connectivity index (χ0) is 14.5. The Morgan fingerprint density at radius 1 is 1.40 bits per heavy atom. The summed E-state index contributed by atoms with van der Waals surface area (Å²) in [7, 11) is 0. The number of hydrogen-bond donors (Lipinski definition) is 0. The summed E-state index contributed by atoms with van der Waals surface area (Å²) in [5.74, 6) is -0.0268. The molecule has 0 aromatic heterocycles. The maximum absolute atomic E-state index is 13.5. The smallest absolute Gasteiger partial charge is 0.155 e. The van der Waals surface area contributed by atoms with Gasteiger partial charge in [-0.25, -0.2) is 4.39 Å². The van der Waals surface area contributed by atoms with Crippen molar-refractivity contribution < 1.29 is 13.9 Å². The van der Waals surface area contributed by atoms with Crippen LogP contribution in [0.15, 0.2) is 16.6 Å². The first-order valence-electron chi connectivity index (χ1n) is 6.81. The Balaban J connectivity index is 1.84. The normalized spacial score (nSPS) is 21.1. The molecule has 20 heavy (non-hydrogen) atoms. The second kappa shape index (κ2) is 7.05. The summed E-state index contributed by atoms with van der Waals surface area (Å²) < 4.78 is 25.2. The van der Waals surface area contributed by atoms with Crippen molar-refractivity contribution in [1.29, 1.82) is 5.26 Å². The molecule has 0 unspecified atom stereocenters. The second-order valence-electron chi connectivity index (χ2n) is 4.94. The van der Waals surface area contributed by atoms with Crippen molar-refractivity contribution in [3.8, 4) is 11.8 Å². The van der Waals surface area contributed by atoms with E-state index in [-0.39, 0.29) is 22.2 Å². The maximum Gasteiger partial charge on any atom is 0.155 e. The molecule has 0 atom stereocenters. The van der Waals surface area contributed by atoms with Crippen LogP contribution >= 0.6 is 15.9 Å². The molecular weight excluding hydrogens is 325 g/mol. The van der Waals surface area contributed by atoms with Gasteiger partial charge < -0.3 is 9.47 Å². The molecule has 0 bridgehead atoms. The lowest BCUT2D eigenvalue weighted by atomic mass is 9.92. The summed E-state index contributed by atoms with van der Waals surface area (Å²) in [4.78, 5) is 0. The van der Waals surface area contributed by atoms with Crippen LogP contribution in [0.3, 0.4) is 0 Å². The number of nitriles is 1. The van der Waals surface area contributed by atoms with Crippen LogP contribution in [0, 0.1) is 17.1 Å². The molecule has 1 saturated carbocycles. The fourth-order valence-electron chi connectivity index (χ4n) is 2.05. The average Bonchev–Trinajstić information content (AvgIpc) is 2.39. The summed E-state index contributed by atoms with van der Waals surface area (Å²) >= 11 is 3.09. The molecule has 0 saturated heterocycles. The third-order valence-electron chi connectivity index (χ3n) is 3.33. The summed E-state index contributed by atoms with van der Waals surface area (Å²) in [5, 5.41) is 8.85. The summed E-state index contributed by atoms with van der Waals surface area (Å²) in [6, 6.07) is 4.81. The number of halogens is 2. The lowest BCUT2D eigenvalue weighted by Gasteiger charge is -2.35. The van der Waals surface area contributed by atoms with Gasteiger partial charge in [-0.2, -0.15) is 5.26 Å². The van der Waals surface area contributed by atoms with Crippen LogP contribution in [0.4, 0.5) is 4.39 Å². The van der Waals surface area contributed by atoms with E-state index in [4.69, 9.17) is 14.7 Å². The van der Waals surface area contributed by atoms with Crippen LogP contribution in [0.1, 0.15) is 38.2 Å². The van der Waals surface area contributed by atoms with E-state index >= 15 is 0 Å². The first-order valence-corrected chi connectivity index (χ1v) is 7.60. The van der Waals surface area contributed by atoms with E-state index in [2.05, 4.69) is 22.9 Å². The second-order valence-corrected chi connectivity index (χ2v) is 5.79. The summed E-state index contributed by atoms with van der Waals surface area (Å²) in [6.07, 6.45) is 4.27. The standard InChI is InChI=1S/C15H17BrFNO2/c1-2-3-4-19-11-6-13(7-11)20-12-5-10(9-18)15(17)14(16)8-12/h5,8,11,13H,2-4,6-7H2,1H3/t11-,13-. The largest absolute Gasteiger partial charge is 0.490 e. The highest BCUT2D eigenvalue weighted by atomic mass is 79.9. The SMILES string of the molecule is CCCCO[C@H]1C[C@H](Oc2cc(Br)c(F)c(C#N)c2)C1. The third kappa shape index (κ3) is 3.71. The Morgan fingerprint density at radius 3 is 2.80 bits per heavy atom. The predicted molar refractivity (Wildman–Crippen MR) is 77.1 cm³/mol. The zero-order valence-corrected chi connectivity index (χ0v) is 13.0. The monoisotopic (exact) mass is 341 g/mol. The average molecular weight is 342 g/mol. The van der Waals surface area contributed by atoms with Crippen molar-refractivity contribution in [2.24, 2.45) is 0 Å². The van der Waals surface area contributed by atoms with Gasteiger partial charge in [-0.05, 0) is 28.4 Å². The van der Waals surface area contributed by atoms with Crippen LogP contribution in [0.2, 0.25) is 0 Å². The van der Waals surface area contributed by atoms with Crippen LogP contribution in [0.5, 0.6) is 5.75 Å². The molecule has 0 spiro atoms. The van der Waals surface area contributed by atoms with Gasteiger partial charge in [0.2, 0.25) is 0 Å². The van der Waals surface area contributed by atoms with Gasteiger partial charge >= 0.3 is 0 Å². The van der Waals surface area contributed by atoms with Gasteiger partial charge in [0.1, 0.15) is 17.9 Å². The minimum atomic E-state index is -0.547. The van der Waals surface area contributed by atoms with Crippen LogP contribution in [-0.4, -0.2) is 18.8 Å². The molecule has 0 amide bonds. The Hall–Kier alpha value is -1.12. The number of hydrogen-bond acceptors (Lipinski definition) is 3. The molecule has 5 heteroatoms. The van der Waals surface area contributed by atoms with E-state index in [1.54, 1.807) is 6.07 Å². The van der Waals surface area contributed by atoms with Gasteiger partial charge in [0.25, 0.3) is 0 Å². The highest BCUT2D eigenvalue weighted by Crippen LogP contribution is 2.31. The van der Waals surface area contributed by atoms with Crippen LogP contribution < -0.4 is 4.74 Å². The van der Waals surface area contributed by atoms with Gasteiger partial charge in [-0.15, -0.1) is 0 Å². The Morgan fingerprint density at radius 2 is 2.15 bits per heavy atom. The van der Waals surface area contributed by atoms with Crippen molar-refractivity contribution in [2.45, 2.75) is 44.8 Å². The molecule has 0 radical (unpaired) electrons. The van der Waals surface area contributed by atoms with E-state index in [1.807, 2.05) is 6.07 Å². The maximum atomic E-state index is 13.5. The molecule has 0 heterocycles. The zero-order valence-electron chi connectivity index (χ0n) is 11.4. The van der Waals surface area contributed by atoms with E-state index in [9.17, 15) is 4.39 Å². The first kappa shape index (κ1) is 15.3. The van der Waals surface area contributed by atoms with Crippen LogP contribution in [-0.2, 0) is 4.74 Å². The molecule has 3 nitrogen and oxygen atoms in total. The minimum Gasteiger partial charge on any atom is -0.490 e. The van der Waals surface area contributed by atoms with Gasteiger partial charge in [0, 0.05) is 25.5 Å². The van der Waals surface area contributed by atoms with Gasteiger partial charge in [0.05, 0.1) is 16.1 Å². The fraction of sp³-hybridized carbons (Fsp3) is 0.533. The quantitative estimate of drug-likeness (QED) is 0.728. The molecule has 0 aliphatic heterocycles. The van der Waals surface area contributed by atoms with Crippen molar-refractivity contribution in [2.75, 3.05) is 6.61 Å². The van der Waals surface area contributed by atoms with Crippen molar-refractivity contribution in [1.82, 2.24) is 0 Å². The number of rotatable bonds is 6. The topological polar surface area (TPSA) is 42.2 Å². The summed E-state index contributed by atoms with van der Waals surface area (Å²) in [6.45, 7) is 2.93. The molecule has 0 N–H and O–H groups in total. The van der Waals surface area contributed by atoms with E-state index in [1.165, 1.54) is 6.07 Å². The molecule has 1 aliphatic carbocycles. The summed E-state index contributed by atoms with van der Waals surface area (Å²) in [5.41, 5.74) is -0.00977. The van der Waals surface area contributed by atoms with Crippen LogP contribution in [0.25, 0.3) is 0 Å². The minimum absolute atomic E-state index is 0.00977. The van der Waals surface area contributed by atoms with E-state index in [0.29, 0.717) is 5.75 Å².